The van der Waals surface area contributed by atoms with Gasteiger partial charge >= 0.3 is 0 Å². The number of guanidine groups is 1. The lowest BCUT2D eigenvalue weighted by Crippen LogP contribution is -2.48. The third-order valence-electron chi connectivity index (χ3n) is 4.53. The molecule has 1 aliphatic rings. The fraction of sp³-hybridized carbons (Fsp3) is 0.611. The van der Waals surface area contributed by atoms with E-state index < -0.39 is 10.0 Å². The summed E-state index contributed by atoms with van der Waals surface area (Å²) in [5.74, 6) is 0.734. The molecular formula is C18H30FIN4O3S. The number of hydrogen-bond donors (Lipinski definition) is 2. The number of hydrogen-bond acceptors (Lipinski definition) is 4. The molecule has 1 heterocycles. The van der Waals surface area contributed by atoms with Crippen LogP contribution in [-0.2, 0) is 10.0 Å². The molecule has 1 aromatic carbocycles. The minimum absolute atomic E-state index is 0. The summed E-state index contributed by atoms with van der Waals surface area (Å²) < 4.78 is 44.3. The van der Waals surface area contributed by atoms with Crippen LogP contribution in [0, 0.1) is 5.82 Å². The molecule has 1 fully saturated rings. The highest BCUT2D eigenvalue weighted by molar-refractivity contribution is 14.0. The molecular weight excluding hydrogens is 498 g/mol. The molecule has 0 aromatic heterocycles. The Morgan fingerprint density at radius 3 is 2.79 bits per heavy atom. The van der Waals surface area contributed by atoms with E-state index in [9.17, 15) is 12.8 Å². The van der Waals surface area contributed by atoms with Crippen molar-refractivity contribution in [3.8, 4) is 5.75 Å². The van der Waals surface area contributed by atoms with Gasteiger partial charge in [-0.25, -0.2) is 12.8 Å². The van der Waals surface area contributed by atoms with E-state index in [1.807, 2.05) is 6.92 Å². The average Bonchev–Trinajstić information content (AvgIpc) is 3.10. The zero-order chi connectivity index (χ0) is 19.9. The molecule has 1 unspecified atom stereocenters. The molecule has 160 valence electrons. The van der Waals surface area contributed by atoms with E-state index in [1.54, 1.807) is 19.2 Å². The Morgan fingerprint density at radius 2 is 2.18 bits per heavy atom. The Morgan fingerprint density at radius 1 is 1.43 bits per heavy atom. The first-order valence-electron chi connectivity index (χ1n) is 9.17. The van der Waals surface area contributed by atoms with E-state index >= 15 is 0 Å². The monoisotopic (exact) mass is 528 g/mol. The van der Waals surface area contributed by atoms with Crippen LogP contribution in [0.2, 0.25) is 0 Å². The first kappa shape index (κ1) is 24.9. The van der Waals surface area contributed by atoms with Crippen molar-refractivity contribution < 1.29 is 17.5 Å². The Balaban J connectivity index is 0.00000392. The summed E-state index contributed by atoms with van der Waals surface area (Å²) >= 11 is 0. The number of ether oxygens (including phenoxy) is 1. The van der Waals surface area contributed by atoms with Gasteiger partial charge in [-0.05, 0) is 31.4 Å². The fourth-order valence-electron chi connectivity index (χ4n) is 3.10. The normalized spacial score (nSPS) is 19.0. The Labute approximate surface area is 184 Å². The Kier molecular flexibility index (Phi) is 10.5. The third-order valence-corrected chi connectivity index (χ3v) is 5.86. The number of nitrogens with one attached hydrogen (secondary N) is 2. The van der Waals surface area contributed by atoms with Crippen LogP contribution in [0.5, 0.6) is 5.75 Å². The van der Waals surface area contributed by atoms with Crippen molar-refractivity contribution >= 4 is 40.0 Å². The minimum Gasteiger partial charge on any atom is -0.489 e. The Bertz CT molecular complexity index is 748. The van der Waals surface area contributed by atoms with Crippen LogP contribution in [0.25, 0.3) is 0 Å². The molecule has 1 aliphatic heterocycles. The summed E-state index contributed by atoms with van der Waals surface area (Å²) in [6.45, 7) is 3.54. The quantitative estimate of drug-likeness (QED) is 0.307. The molecule has 0 spiro atoms. The highest BCUT2D eigenvalue weighted by atomic mass is 127. The van der Waals surface area contributed by atoms with E-state index in [4.69, 9.17) is 4.74 Å². The molecule has 7 nitrogen and oxygen atoms in total. The lowest BCUT2D eigenvalue weighted by Gasteiger charge is -2.24. The molecule has 1 aromatic rings. The van der Waals surface area contributed by atoms with Crippen molar-refractivity contribution in [2.45, 2.75) is 38.3 Å². The largest absolute Gasteiger partial charge is 0.489 e. The van der Waals surface area contributed by atoms with Crippen molar-refractivity contribution in [1.29, 1.82) is 0 Å². The van der Waals surface area contributed by atoms with Gasteiger partial charge in [-0.3, -0.25) is 4.99 Å². The summed E-state index contributed by atoms with van der Waals surface area (Å²) in [5, 5.41) is 6.37. The molecule has 2 atom stereocenters. The third kappa shape index (κ3) is 7.70. The standard InChI is InChI=1S/C18H29FN4O3S.HI/c1-4-16(26-17-9-5-7-14(19)11-17)13-22-18(20-2)21-12-15-8-6-10-23(15)27(3,24)25;/h5,7,9,11,15-16H,4,6,8,10,12-13H2,1-3H3,(H2,20,21,22);1H/t15-,16?;/m1./s1. The van der Waals surface area contributed by atoms with Crippen molar-refractivity contribution in [1.82, 2.24) is 14.9 Å². The molecule has 28 heavy (non-hydrogen) atoms. The van der Waals surface area contributed by atoms with Gasteiger partial charge in [0.2, 0.25) is 10.0 Å². The zero-order valence-electron chi connectivity index (χ0n) is 16.5. The van der Waals surface area contributed by atoms with E-state index in [-0.39, 0.29) is 41.9 Å². The number of halogens is 2. The molecule has 0 bridgehead atoms. The molecule has 2 rings (SSSR count). The Hall–Kier alpha value is -1.14. The van der Waals surface area contributed by atoms with Crippen LogP contribution >= 0.6 is 24.0 Å². The van der Waals surface area contributed by atoms with Crippen molar-refractivity contribution in [3.05, 3.63) is 30.1 Å². The zero-order valence-corrected chi connectivity index (χ0v) is 19.7. The van der Waals surface area contributed by atoms with E-state index in [1.165, 1.54) is 22.7 Å². The second-order valence-corrected chi connectivity index (χ2v) is 8.54. The van der Waals surface area contributed by atoms with Gasteiger partial charge in [0.25, 0.3) is 0 Å². The molecule has 1 saturated heterocycles. The number of rotatable bonds is 8. The molecule has 0 radical (unpaired) electrons. The van der Waals surface area contributed by atoms with Gasteiger partial charge in [-0.15, -0.1) is 24.0 Å². The molecule has 2 N–H and O–H groups in total. The molecule has 0 amide bonds. The second-order valence-electron chi connectivity index (χ2n) is 6.61. The van der Waals surface area contributed by atoms with E-state index in [2.05, 4.69) is 15.6 Å². The summed E-state index contributed by atoms with van der Waals surface area (Å²) in [4.78, 5) is 4.17. The predicted molar refractivity (Wildman–Crippen MR) is 120 cm³/mol. The maximum Gasteiger partial charge on any atom is 0.211 e. The summed E-state index contributed by atoms with van der Waals surface area (Å²) in [6, 6.07) is 6.00. The number of benzene rings is 1. The summed E-state index contributed by atoms with van der Waals surface area (Å²) in [5.41, 5.74) is 0. The van der Waals surface area contributed by atoms with E-state index in [0.29, 0.717) is 31.3 Å². The lowest BCUT2D eigenvalue weighted by molar-refractivity contribution is 0.198. The van der Waals surface area contributed by atoms with Crippen LogP contribution in [-0.4, -0.2) is 63.8 Å². The van der Waals surface area contributed by atoms with E-state index in [0.717, 1.165) is 19.3 Å². The van der Waals surface area contributed by atoms with Crippen LogP contribution < -0.4 is 15.4 Å². The van der Waals surface area contributed by atoms with Crippen LogP contribution in [0.15, 0.2) is 29.3 Å². The van der Waals surface area contributed by atoms with Gasteiger partial charge < -0.3 is 15.4 Å². The fourth-order valence-corrected chi connectivity index (χ4v) is 4.28. The van der Waals surface area contributed by atoms with Gasteiger partial charge in [0.05, 0.1) is 12.8 Å². The predicted octanol–water partition coefficient (Wildman–Crippen LogP) is 2.19. The topological polar surface area (TPSA) is 83.0 Å². The highest BCUT2D eigenvalue weighted by Crippen LogP contribution is 2.19. The van der Waals surface area contributed by atoms with Gasteiger partial charge in [0.1, 0.15) is 17.7 Å². The second kappa shape index (κ2) is 11.8. The molecule has 0 saturated carbocycles. The van der Waals surface area contributed by atoms with Gasteiger partial charge in [-0.2, -0.15) is 4.31 Å². The number of sulfonamides is 1. The van der Waals surface area contributed by atoms with Gasteiger partial charge in [0.15, 0.2) is 5.96 Å². The first-order chi connectivity index (χ1) is 12.8. The van der Waals surface area contributed by atoms with Crippen molar-refractivity contribution in [3.63, 3.8) is 0 Å². The maximum absolute atomic E-state index is 13.3. The maximum atomic E-state index is 13.3. The summed E-state index contributed by atoms with van der Waals surface area (Å²) in [6.07, 6.45) is 3.53. The SMILES string of the molecule is CCC(CNC(=NC)NC[C@H]1CCCN1S(C)(=O)=O)Oc1cccc(F)c1.I. The van der Waals surface area contributed by atoms with Crippen LogP contribution in [0.1, 0.15) is 26.2 Å². The van der Waals surface area contributed by atoms with Gasteiger partial charge in [0, 0.05) is 32.2 Å². The number of nitrogens with zero attached hydrogens (tertiary/aromatic N) is 2. The van der Waals surface area contributed by atoms with Crippen LogP contribution in [0.3, 0.4) is 0 Å². The molecule has 10 heteroatoms. The van der Waals surface area contributed by atoms with Crippen LogP contribution in [0.4, 0.5) is 4.39 Å². The smallest absolute Gasteiger partial charge is 0.211 e. The molecule has 0 aliphatic carbocycles. The first-order valence-corrected chi connectivity index (χ1v) is 11.0. The lowest BCUT2D eigenvalue weighted by atomic mass is 10.2. The van der Waals surface area contributed by atoms with Crippen molar-refractivity contribution in [2.24, 2.45) is 4.99 Å². The summed E-state index contributed by atoms with van der Waals surface area (Å²) in [7, 11) is -1.53. The van der Waals surface area contributed by atoms with Gasteiger partial charge in [-0.1, -0.05) is 13.0 Å². The number of aliphatic imine (C=N–C) groups is 1. The van der Waals surface area contributed by atoms with Crippen molar-refractivity contribution in [2.75, 3.05) is 32.9 Å². The average molecular weight is 528 g/mol. The highest BCUT2D eigenvalue weighted by Gasteiger charge is 2.31. The minimum atomic E-state index is -3.19.